The van der Waals surface area contributed by atoms with Crippen LogP contribution < -0.4 is 15.8 Å². The van der Waals surface area contributed by atoms with Crippen molar-refractivity contribution in [3.05, 3.63) is 42.0 Å². The second kappa shape index (κ2) is 7.61. The predicted octanol–water partition coefficient (Wildman–Crippen LogP) is 0.465. The molecule has 0 saturated carbocycles. The van der Waals surface area contributed by atoms with Crippen LogP contribution in [0.1, 0.15) is 23.2 Å². The molecule has 1 fully saturated rings. The molecule has 0 spiro atoms. The fraction of sp³-hybridized carbons (Fsp3) is 0.368. The molecule has 3 rings (SSSR count). The average Bonchev–Trinajstić information content (AvgIpc) is 2.91. The van der Waals surface area contributed by atoms with Crippen LogP contribution in [0.25, 0.3) is 0 Å². The van der Waals surface area contributed by atoms with Gasteiger partial charge < -0.3 is 4.90 Å². The molecule has 2 N–H and O–H groups in total. The van der Waals surface area contributed by atoms with Crippen LogP contribution >= 0.6 is 0 Å². The molecule has 2 atom stereocenters. The second-order valence-electron chi connectivity index (χ2n) is 6.87. The molecule has 2 aliphatic rings. The van der Waals surface area contributed by atoms with E-state index in [1.54, 1.807) is 18.2 Å². The molecule has 0 radical (unpaired) electrons. The van der Waals surface area contributed by atoms with E-state index in [9.17, 15) is 19.2 Å². The first-order chi connectivity index (χ1) is 12.9. The second-order valence-corrected chi connectivity index (χ2v) is 6.87. The minimum Gasteiger partial charge on any atom is -0.378 e. The molecule has 1 saturated heterocycles. The number of likely N-dealkylation sites (tertiary alicyclic amines) is 1. The molecule has 0 bridgehead atoms. The lowest BCUT2D eigenvalue weighted by Gasteiger charge is -2.15. The summed E-state index contributed by atoms with van der Waals surface area (Å²) in [6.45, 7) is -0.400. The van der Waals surface area contributed by atoms with E-state index in [1.165, 1.54) is 0 Å². The van der Waals surface area contributed by atoms with Gasteiger partial charge in [-0.2, -0.15) is 0 Å². The van der Waals surface area contributed by atoms with E-state index in [-0.39, 0.29) is 23.7 Å². The van der Waals surface area contributed by atoms with Crippen LogP contribution in [-0.4, -0.2) is 49.2 Å². The SMILES string of the molecule is CN(C)c1cccc(C(=O)NNC(=O)CN2C(=O)[C@H]3CC=CC[C@H]3C2=O)c1. The third-order valence-electron chi connectivity index (χ3n) is 4.84. The highest BCUT2D eigenvalue weighted by molar-refractivity contribution is 6.07. The van der Waals surface area contributed by atoms with E-state index in [4.69, 9.17) is 0 Å². The molecule has 8 nitrogen and oxygen atoms in total. The van der Waals surface area contributed by atoms with Crippen LogP contribution in [0.15, 0.2) is 36.4 Å². The molecule has 0 unspecified atom stereocenters. The maximum absolute atomic E-state index is 12.3. The smallest absolute Gasteiger partial charge is 0.269 e. The Hall–Kier alpha value is -3.16. The Morgan fingerprint density at radius 2 is 1.70 bits per heavy atom. The number of hydrazine groups is 1. The number of amides is 4. The predicted molar refractivity (Wildman–Crippen MR) is 98.5 cm³/mol. The van der Waals surface area contributed by atoms with Gasteiger partial charge in [0, 0.05) is 25.3 Å². The fourth-order valence-corrected chi connectivity index (χ4v) is 3.33. The summed E-state index contributed by atoms with van der Waals surface area (Å²) in [6.07, 6.45) is 4.81. The summed E-state index contributed by atoms with van der Waals surface area (Å²) in [4.78, 5) is 51.8. The highest BCUT2D eigenvalue weighted by atomic mass is 16.2. The zero-order chi connectivity index (χ0) is 19.6. The zero-order valence-electron chi connectivity index (χ0n) is 15.3. The van der Waals surface area contributed by atoms with Gasteiger partial charge in [0.15, 0.2) is 0 Å². The summed E-state index contributed by atoms with van der Waals surface area (Å²) < 4.78 is 0. The van der Waals surface area contributed by atoms with Gasteiger partial charge in [-0.3, -0.25) is 34.9 Å². The first-order valence-electron chi connectivity index (χ1n) is 8.75. The van der Waals surface area contributed by atoms with E-state index in [1.807, 2.05) is 37.2 Å². The molecular formula is C19H22N4O4. The number of rotatable bonds is 4. The normalized spacial score (nSPS) is 21.0. The van der Waals surface area contributed by atoms with Crippen molar-refractivity contribution in [1.29, 1.82) is 0 Å². The number of hydrogen-bond acceptors (Lipinski definition) is 5. The van der Waals surface area contributed by atoms with Gasteiger partial charge in [-0.15, -0.1) is 0 Å². The van der Waals surface area contributed by atoms with E-state index in [0.29, 0.717) is 18.4 Å². The molecule has 0 aromatic heterocycles. The van der Waals surface area contributed by atoms with E-state index >= 15 is 0 Å². The maximum Gasteiger partial charge on any atom is 0.269 e. The summed E-state index contributed by atoms with van der Waals surface area (Å²) in [5.74, 6) is -2.51. The van der Waals surface area contributed by atoms with Crippen molar-refractivity contribution in [2.45, 2.75) is 12.8 Å². The highest BCUT2D eigenvalue weighted by Gasteiger charge is 2.47. The maximum atomic E-state index is 12.3. The molecule has 142 valence electrons. The Labute approximate surface area is 157 Å². The topological polar surface area (TPSA) is 98.8 Å². The van der Waals surface area contributed by atoms with Gasteiger partial charge in [0.2, 0.25) is 11.8 Å². The number of allylic oxidation sites excluding steroid dienone is 2. The van der Waals surface area contributed by atoms with Crippen LogP contribution in [0.5, 0.6) is 0 Å². The van der Waals surface area contributed by atoms with Crippen molar-refractivity contribution < 1.29 is 19.2 Å². The van der Waals surface area contributed by atoms with Gasteiger partial charge >= 0.3 is 0 Å². The van der Waals surface area contributed by atoms with Crippen LogP contribution in [0.2, 0.25) is 0 Å². The number of nitrogens with zero attached hydrogens (tertiary/aromatic N) is 2. The minimum atomic E-state index is -0.625. The van der Waals surface area contributed by atoms with Gasteiger partial charge in [0.25, 0.3) is 11.8 Å². The Bertz CT molecular complexity index is 792. The number of hydrogen-bond donors (Lipinski definition) is 2. The summed E-state index contributed by atoms with van der Waals surface area (Å²) >= 11 is 0. The van der Waals surface area contributed by atoms with E-state index in [0.717, 1.165) is 10.6 Å². The van der Waals surface area contributed by atoms with Gasteiger partial charge in [-0.05, 0) is 31.0 Å². The van der Waals surface area contributed by atoms with Gasteiger partial charge in [-0.25, -0.2) is 0 Å². The van der Waals surface area contributed by atoms with Crippen molar-refractivity contribution >= 4 is 29.3 Å². The minimum absolute atomic E-state index is 0.325. The highest BCUT2D eigenvalue weighted by Crippen LogP contribution is 2.34. The summed E-state index contributed by atoms with van der Waals surface area (Å²) in [7, 11) is 3.71. The molecular weight excluding hydrogens is 348 g/mol. The number of imide groups is 1. The molecule has 1 aliphatic carbocycles. The average molecular weight is 370 g/mol. The molecule has 1 aromatic rings. The molecule has 1 heterocycles. The number of benzene rings is 1. The van der Waals surface area contributed by atoms with Crippen molar-refractivity contribution in [2.24, 2.45) is 11.8 Å². The van der Waals surface area contributed by atoms with Crippen molar-refractivity contribution in [2.75, 3.05) is 25.5 Å². The summed E-state index contributed by atoms with van der Waals surface area (Å²) in [6, 6.07) is 6.91. The Balaban J connectivity index is 1.55. The number of carbonyl (C=O) groups excluding carboxylic acids is 4. The largest absolute Gasteiger partial charge is 0.378 e. The van der Waals surface area contributed by atoms with Crippen molar-refractivity contribution in [3.8, 4) is 0 Å². The Morgan fingerprint density at radius 1 is 1.07 bits per heavy atom. The summed E-state index contributed by atoms with van der Waals surface area (Å²) in [5.41, 5.74) is 5.80. The lowest BCUT2D eigenvalue weighted by Crippen LogP contribution is -2.47. The fourth-order valence-electron chi connectivity index (χ4n) is 3.33. The molecule has 8 heteroatoms. The monoisotopic (exact) mass is 370 g/mol. The number of anilines is 1. The number of fused-ring (bicyclic) bond motifs is 1. The van der Waals surface area contributed by atoms with Crippen molar-refractivity contribution in [3.63, 3.8) is 0 Å². The first kappa shape index (κ1) is 18.6. The van der Waals surface area contributed by atoms with Gasteiger partial charge in [0.1, 0.15) is 6.54 Å². The zero-order valence-corrected chi connectivity index (χ0v) is 15.3. The van der Waals surface area contributed by atoms with E-state index in [2.05, 4.69) is 10.9 Å². The lowest BCUT2D eigenvalue weighted by molar-refractivity contribution is -0.143. The van der Waals surface area contributed by atoms with Crippen LogP contribution in [0, 0.1) is 11.8 Å². The molecule has 1 aromatic carbocycles. The van der Waals surface area contributed by atoms with Gasteiger partial charge in [-0.1, -0.05) is 18.2 Å². The third-order valence-corrected chi connectivity index (χ3v) is 4.84. The number of carbonyl (C=O) groups is 4. The van der Waals surface area contributed by atoms with Crippen LogP contribution in [0.3, 0.4) is 0 Å². The summed E-state index contributed by atoms with van der Waals surface area (Å²) in [5, 5.41) is 0. The van der Waals surface area contributed by atoms with Crippen LogP contribution in [0.4, 0.5) is 5.69 Å². The number of nitrogens with one attached hydrogen (secondary N) is 2. The third kappa shape index (κ3) is 3.84. The standard InChI is InChI=1S/C19H22N4O4/c1-22(2)13-7-5-6-12(10-13)17(25)21-20-16(24)11-23-18(26)14-8-3-4-9-15(14)19(23)27/h3-7,10,14-15H,8-9,11H2,1-2H3,(H,20,24)(H,21,25)/t14-,15+. The molecule has 27 heavy (non-hydrogen) atoms. The van der Waals surface area contributed by atoms with Crippen molar-refractivity contribution in [1.82, 2.24) is 15.8 Å². The Kier molecular flexibility index (Phi) is 5.25. The first-order valence-corrected chi connectivity index (χ1v) is 8.75. The lowest BCUT2D eigenvalue weighted by atomic mass is 9.85. The quantitative estimate of drug-likeness (QED) is 0.456. The van der Waals surface area contributed by atoms with Crippen LogP contribution in [-0.2, 0) is 14.4 Å². The van der Waals surface area contributed by atoms with Gasteiger partial charge in [0.05, 0.1) is 11.8 Å². The Morgan fingerprint density at radius 3 is 2.30 bits per heavy atom. The molecule has 4 amide bonds. The molecule has 1 aliphatic heterocycles. The van der Waals surface area contributed by atoms with E-state index < -0.39 is 18.4 Å².